The van der Waals surface area contributed by atoms with Gasteiger partial charge in [0.15, 0.2) is 0 Å². The maximum Gasteiger partial charge on any atom is 0.417 e. The Morgan fingerprint density at radius 2 is 0.641 bits per heavy atom. The monoisotopic (exact) mass is 1020 g/mol. The molecule has 0 spiro atoms. The Balaban J connectivity index is 1.22. The van der Waals surface area contributed by atoms with Crippen LogP contribution in [0.1, 0.15) is 61.2 Å². The number of alkyl halides is 3. The normalized spacial score (nSPS) is 11.8. The van der Waals surface area contributed by atoms with Crippen LogP contribution in [0, 0.1) is 78.1 Å². The van der Waals surface area contributed by atoms with Gasteiger partial charge in [-0.1, -0.05) is 148 Å². The first-order chi connectivity index (χ1) is 37.4. The molecule has 378 valence electrons. The van der Waals surface area contributed by atoms with E-state index in [4.69, 9.17) is 0 Å². The first-order valence-electron chi connectivity index (χ1n) is 26.1. The highest BCUT2D eigenvalue weighted by Crippen LogP contribution is 2.46. The summed E-state index contributed by atoms with van der Waals surface area (Å²) in [6.45, 7) is 16.7. The number of benzene rings is 10. The van der Waals surface area contributed by atoms with Gasteiger partial charge in [0, 0.05) is 27.1 Å². The number of aryl methyl sites for hydroxylation is 8. The van der Waals surface area contributed by atoms with E-state index in [1.807, 2.05) is 9.13 Å². The molecule has 0 unspecified atom stereocenters. The van der Waals surface area contributed by atoms with Crippen molar-refractivity contribution in [2.75, 3.05) is 0 Å². The smallest absolute Gasteiger partial charge is 0.308 e. The second kappa shape index (κ2) is 18.7. The Kier molecular flexibility index (Phi) is 11.8. The van der Waals surface area contributed by atoms with Gasteiger partial charge in [0.25, 0.3) is 0 Å². The van der Waals surface area contributed by atoms with Gasteiger partial charge in [0.2, 0.25) is 0 Å². The number of nitrogens with zero attached hydrogens (tertiary/aromatic N) is 4. The molecular formula is C71H53F3N4. The van der Waals surface area contributed by atoms with E-state index in [-0.39, 0.29) is 22.3 Å². The second-order valence-corrected chi connectivity index (χ2v) is 21.4. The van der Waals surface area contributed by atoms with Gasteiger partial charge < -0.3 is 9.13 Å². The molecule has 10 aromatic carbocycles. The average molecular weight is 1020 g/mol. The average Bonchev–Trinajstić information content (AvgIpc) is 4.06. The maximum absolute atomic E-state index is 15.5. The van der Waals surface area contributed by atoms with Crippen molar-refractivity contribution in [2.24, 2.45) is 0 Å². The molecular weight excluding hydrogens is 966 g/mol. The van der Waals surface area contributed by atoms with Crippen molar-refractivity contribution in [1.29, 1.82) is 10.5 Å². The van der Waals surface area contributed by atoms with Gasteiger partial charge >= 0.3 is 6.18 Å². The number of fused-ring (bicyclic) bond motifs is 6. The van der Waals surface area contributed by atoms with E-state index in [1.54, 1.807) is 12.1 Å². The number of rotatable bonds is 7. The highest BCUT2D eigenvalue weighted by molar-refractivity contribution is 6.14. The summed E-state index contributed by atoms with van der Waals surface area (Å²) in [7, 11) is 0. The van der Waals surface area contributed by atoms with Crippen LogP contribution in [0.5, 0.6) is 0 Å². The standard InChI is InChI=1S/C71H53F3N4/c1-40-20-41(2)25-53(24-40)48-12-16-64-58(32-48)59-33-49(54-26-42(3)21-43(4)27-54)13-17-65(59)77(64)68-36-57(70-52(38-75)10-9-11-63(70)71(72,73)74)37-69(62(68)39-76)78-66-18-14-50(55-28-44(5)22-45(6)29-55)34-60(66)61-35-51(15-19-67(61)78)56-30-46(7)23-47(8)31-56/h9-37H,1-8H3. The van der Waals surface area contributed by atoms with Gasteiger partial charge in [-0.25, -0.2) is 0 Å². The molecule has 0 N–H and O–H groups in total. The fourth-order valence-electron chi connectivity index (χ4n) is 12.3. The summed E-state index contributed by atoms with van der Waals surface area (Å²) in [5.74, 6) is 0. The fraction of sp³-hybridized carbons (Fsp3) is 0.127. The van der Waals surface area contributed by atoms with Gasteiger partial charge in [-0.2, -0.15) is 23.7 Å². The Morgan fingerprint density at radius 1 is 0.333 bits per heavy atom. The Bertz CT molecular complexity index is 4060. The summed E-state index contributed by atoms with van der Waals surface area (Å²) < 4.78 is 50.6. The quantitative estimate of drug-likeness (QED) is 0.160. The lowest BCUT2D eigenvalue weighted by molar-refractivity contribution is -0.137. The van der Waals surface area contributed by atoms with E-state index in [0.29, 0.717) is 11.4 Å². The molecule has 0 aliphatic carbocycles. The molecule has 7 heteroatoms. The number of nitriles is 2. The molecule has 0 amide bonds. The number of aromatic nitrogens is 2. The molecule has 12 rings (SSSR count). The van der Waals surface area contributed by atoms with Crippen molar-refractivity contribution in [3.05, 3.63) is 237 Å². The van der Waals surface area contributed by atoms with Crippen LogP contribution in [0.25, 0.3) is 111 Å². The molecule has 0 atom stereocenters. The third-order valence-electron chi connectivity index (χ3n) is 15.2. The first-order valence-corrected chi connectivity index (χ1v) is 26.1. The largest absolute Gasteiger partial charge is 0.417 e. The zero-order chi connectivity index (χ0) is 54.5. The van der Waals surface area contributed by atoms with Crippen LogP contribution in [0.4, 0.5) is 13.2 Å². The van der Waals surface area contributed by atoms with Crippen LogP contribution < -0.4 is 0 Å². The van der Waals surface area contributed by atoms with Crippen molar-refractivity contribution < 1.29 is 13.2 Å². The summed E-state index contributed by atoms with van der Waals surface area (Å²) in [6, 6.07) is 63.0. The van der Waals surface area contributed by atoms with E-state index >= 15 is 13.2 Å². The molecule has 0 aliphatic heterocycles. The Hall–Kier alpha value is -9.43. The Morgan fingerprint density at radius 3 is 0.910 bits per heavy atom. The zero-order valence-corrected chi connectivity index (χ0v) is 44.7. The minimum absolute atomic E-state index is 0.136. The van der Waals surface area contributed by atoms with Crippen molar-refractivity contribution in [3.63, 3.8) is 0 Å². The van der Waals surface area contributed by atoms with Crippen molar-refractivity contribution in [3.8, 4) is 79.1 Å². The molecule has 12 aromatic rings. The highest BCUT2D eigenvalue weighted by Gasteiger charge is 2.36. The number of hydrogen-bond acceptors (Lipinski definition) is 2. The lowest BCUT2D eigenvalue weighted by Gasteiger charge is -2.21. The summed E-state index contributed by atoms with van der Waals surface area (Å²) in [5, 5.41) is 26.2. The van der Waals surface area contributed by atoms with Crippen LogP contribution in [-0.2, 0) is 6.18 Å². The minimum atomic E-state index is -4.82. The molecule has 4 nitrogen and oxygen atoms in total. The summed E-state index contributed by atoms with van der Waals surface area (Å²) in [4.78, 5) is 0. The molecule has 0 bridgehead atoms. The van der Waals surface area contributed by atoms with Crippen LogP contribution in [-0.4, -0.2) is 9.13 Å². The minimum Gasteiger partial charge on any atom is -0.308 e. The van der Waals surface area contributed by atoms with Gasteiger partial charge in [-0.15, -0.1) is 0 Å². The van der Waals surface area contributed by atoms with E-state index in [9.17, 15) is 10.5 Å². The molecule has 0 saturated heterocycles. The second-order valence-electron chi connectivity index (χ2n) is 21.4. The third-order valence-corrected chi connectivity index (χ3v) is 15.2. The van der Waals surface area contributed by atoms with Crippen LogP contribution in [0.15, 0.2) is 176 Å². The van der Waals surface area contributed by atoms with Crippen LogP contribution in [0.2, 0.25) is 0 Å². The molecule has 0 saturated carbocycles. The Labute approximate surface area is 452 Å². The fourth-order valence-corrected chi connectivity index (χ4v) is 12.3. The van der Waals surface area contributed by atoms with E-state index in [0.717, 1.165) is 139 Å². The molecule has 78 heavy (non-hydrogen) atoms. The van der Waals surface area contributed by atoms with E-state index < -0.39 is 11.7 Å². The topological polar surface area (TPSA) is 57.4 Å². The highest BCUT2D eigenvalue weighted by atomic mass is 19.4. The SMILES string of the molecule is Cc1cc(C)cc(-c2ccc3c(c2)c2cc(-c4cc(C)cc(C)c4)ccc2n3-c2cc(-c3c(C#N)cccc3C(F)(F)F)cc(-n3c4ccc(-c5cc(C)cc(C)c5)cc4c4cc(-c5cc(C)cc(C)c5)ccc43)c2C#N)c1. The third kappa shape index (κ3) is 8.59. The van der Waals surface area contributed by atoms with Crippen LogP contribution >= 0.6 is 0 Å². The van der Waals surface area contributed by atoms with Gasteiger partial charge in [0.05, 0.1) is 50.6 Å². The van der Waals surface area contributed by atoms with E-state index in [2.05, 4.69) is 213 Å². The lowest BCUT2D eigenvalue weighted by atomic mass is 9.92. The maximum atomic E-state index is 15.5. The molecule has 2 heterocycles. The first kappa shape index (κ1) is 49.4. The molecule has 0 radical (unpaired) electrons. The molecule has 0 aliphatic rings. The van der Waals surface area contributed by atoms with Gasteiger partial charge in [-0.05, 0) is 178 Å². The predicted molar refractivity (Wildman–Crippen MR) is 315 cm³/mol. The predicted octanol–water partition coefficient (Wildman–Crippen LogP) is 19.4. The van der Waals surface area contributed by atoms with E-state index in [1.165, 1.54) is 12.1 Å². The van der Waals surface area contributed by atoms with Crippen molar-refractivity contribution in [2.45, 2.75) is 61.6 Å². The zero-order valence-electron chi connectivity index (χ0n) is 44.7. The summed E-state index contributed by atoms with van der Waals surface area (Å²) >= 11 is 0. The lowest BCUT2D eigenvalue weighted by Crippen LogP contribution is -2.10. The number of halogens is 3. The van der Waals surface area contributed by atoms with Crippen molar-refractivity contribution >= 4 is 43.6 Å². The van der Waals surface area contributed by atoms with Crippen molar-refractivity contribution in [1.82, 2.24) is 9.13 Å². The summed E-state index contributed by atoms with van der Waals surface area (Å²) in [5.41, 5.74) is 20.2. The van der Waals surface area contributed by atoms with Gasteiger partial charge in [0.1, 0.15) is 11.6 Å². The molecule has 0 fully saturated rings. The summed E-state index contributed by atoms with van der Waals surface area (Å²) in [6.07, 6.45) is -4.82. The number of hydrogen-bond donors (Lipinski definition) is 0. The molecule has 2 aromatic heterocycles. The van der Waals surface area contributed by atoms with Gasteiger partial charge in [-0.3, -0.25) is 0 Å². The van der Waals surface area contributed by atoms with Crippen LogP contribution in [0.3, 0.4) is 0 Å².